The van der Waals surface area contributed by atoms with E-state index in [2.05, 4.69) is 30.2 Å². The van der Waals surface area contributed by atoms with Crippen molar-refractivity contribution in [1.82, 2.24) is 14.4 Å². The van der Waals surface area contributed by atoms with Gasteiger partial charge in [0.15, 0.2) is 0 Å². The molecular formula is C16H25N3O. The SMILES string of the molecule is CC(C)(C)n1ccc(C(=O)N2CCN3CCCC3C2)c1. The highest BCUT2D eigenvalue weighted by atomic mass is 16.2. The highest BCUT2D eigenvalue weighted by molar-refractivity contribution is 5.94. The number of hydrogen-bond acceptors (Lipinski definition) is 2. The van der Waals surface area contributed by atoms with Crippen LogP contribution in [0, 0.1) is 0 Å². The molecule has 1 unspecified atom stereocenters. The molecule has 0 saturated carbocycles. The van der Waals surface area contributed by atoms with Gasteiger partial charge in [0.1, 0.15) is 0 Å². The average Bonchev–Trinajstić information content (AvgIpc) is 3.05. The molecule has 3 rings (SSSR count). The summed E-state index contributed by atoms with van der Waals surface area (Å²) in [6.07, 6.45) is 6.53. The molecule has 0 aromatic carbocycles. The molecule has 2 aliphatic rings. The van der Waals surface area contributed by atoms with Crippen LogP contribution in [0.1, 0.15) is 44.0 Å². The van der Waals surface area contributed by atoms with Crippen molar-refractivity contribution in [2.75, 3.05) is 26.2 Å². The van der Waals surface area contributed by atoms with Crippen LogP contribution in [0.25, 0.3) is 0 Å². The third-order valence-corrected chi connectivity index (χ3v) is 4.59. The van der Waals surface area contributed by atoms with Crippen molar-refractivity contribution in [3.8, 4) is 0 Å². The molecule has 0 radical (unpaired) electrons. The first kappa shape index (κ1) is 13.7. The molecule has 0 aliphatic carbocycles. The molecule has 0 bridgehead atoms. The van der Waals surface area contributed by atoms with Gasteiger partial charge in [0.2, 0.25) is 0 Å². The van der Waals surface area contributed by atoms with Crippen LogP contribution in [-0.2, 0) is 5.54 Å². The van der Waals surface area contributed by atoms with Crippen LogP contribution in [0.15, 0.2) is 18.5 Å². The maximum atomic E-state index is 12.6. The summed E-state index contributed by atoms with van der Waals surface area (Å²) in [5.41, 5.74) is 0.856. The molecule has 4 heteroatoms. The molecular weight excluding hydrogens is 250 g/mol. The van der Waals surface area contributed by atoms with Gasteiger partial charge in [0.05, 0.1) is 5.56 Å². The van der Waals surface area contributed by atoms with Gasteiger partial charge in [-0.25, -0.2) is 0 Å². The van der Waals surface area contributed by atoms with E-state index in [1.54, 1.807) is 0 Å². The number of amides is 1. The molecule has 110 valence electrons. The smallest absolute Gasteiger partial charge is 0.255 e. The Morgan fingerprint density at radius 2 is 2.05 bits per heavy atom. The number of rotatable bonds is 1. The van der Waals surface area contributed by atoms with Gasteiger partial charge in [0, 0.05) is 43.6 Å². The lowest BCUT2D eigenvalue weighted by atomic mass is 10.1. The van der Waals surface area contributed by atoms with E-state index in [4.69, 9.17) is 0 Å². The van der Waals surface area contributed by atoms with Gasteiger partial charge in [0.25, 0.3) is 5.91 Å². The molecule has 0 spiro atoms. The second-order valence-electron chi connectivity index (χ2n) is 7.06. The largest absolute Gasteiger partial charge is 0.348 e. The van der Waals surface area contributed by atoms with Gasteiger partial charge in [-0.05, 0) is 46.2 Å². The van der Waals surface area contributed by atoms with E-state index in [-0.39, 0.29) is 11.4 Å². The Morgan fingerprint density at radius 3 is 2.75 bits per heavy atom. The number of hydrogen-bond donors (Lipinski definition) is 0. The van der Waals surface area contributed by atoms with Gasteiger partial charge < -0.3 is 9.47 Å². The monoisotopic (exact) mass is 275 g/mol. The number of nitrogens with zero attached hydrogens (tertiary/aromatic N) is 3. The maximum Gasteiger partial charge on any atom is 0.255 e. The van der Waals surface area contributed by atoms with E-state index in [0.717, 1.165) is 25.2 Å². The van der Waals surface area contributed by atoms with E-state index in [1.165, 1.54) is 19.4 Å². The summed E-state index contributed by atoms with van der Waals surface area (Å²) in [4.78, 5) is 17.2. The van der Waals surface area contributed by atoms with Crippen molar-refractivity contribution in [3.63, 3.8) is 0 Å². The fourth-order valence-electron chi connectivity index (χ4n) is 3.30. The molecule has 1 aromatic heterocycles. The summed E-state index contributed by atoms with van der Waals surface area (Å²) < 4.78 is 2.12. The van der Waals surface area contributed by atoms with Crippen molar-refractivity contribution in [2.45, 2.75) is 45.2 Å². The average molecular weight is 275 g/mol. The quantitative estimate of drug-likeness (QED) is 0.786. The summed E-state index contributed by atoms with van der Waals surface area (Å²) in [7, 11) is 0. The molecule has 1 atom stereocenters. The summed E-state index contributed by atoms with van der Waals surface area (Å²) in [5, 5.41) is 0. The Morgan fingerprint density at radius 1 is 1.25 bits per heavy atom. The van der Waals surface area contributed by atoms with Gasteiger partial charge >= 0.3 is 0 Å². The molecule has 0 N–H and O–H groups in total. The standard InChI is InChI=1S/C16H25N3O/c1-16(2,3)19-8-6-13(11-19)15(20)18-10-9-17-7-4-5-14(17)12-18/h6,8,11,14H,4-5,7,9-10,12H2,1-3H3. The Kier molecular flexibility index (Phi) is 3.36. The van der Waals surface area contributed by atoms with Crippen LogP contribution in [0.5, 0.6) is 0 Å². The van der Waals surface area contributed by atoms with Gasteiger partial charge in [-0.2, -0.15) is 0 Å². The molecule has 1 aromatic rings. The highest BCUT2D eigenvalue weighted by Crippen LogP contribution is 2.23. The highest BCUT2D eigenvalue weighted by Gasteiger charge is 2.33. The molecule has 2 fully saturated rings. The van der Waals surface area contributed by atoms with Gasteiger partial charge in [-0.15, -0.1) is 0 Å². The second-order valence-corrected chi connectivity index (χ2v) is 7.06. The van der Waals surface area contributed by atoms with Crippen LogP contribution in [0.3, 0.4) is 0 Å². The summed E-state index contributed by atoms with van der Waals surface area (Å²) in [6.45, 7) is 10.5. The minimum absolute atomic E-state index is 0.0304. The van der Waals surface area contributed by atoms with Crippen molar-refractivity contribution < 1.29 is 4.79 Å². The van der Waals surface area contributed by atoms with E-state index in [0.29, 0.717) is 6.04 Å². The molecule has 1 amide bonds. The zero-order valence-electron chi connectivity index (χ0n) is 12.8. The fraction of sp³-hybridized carbons (Fsp3) is 0.688. The zero-order valence-corrected chi connectivity index (χ0v) is 12.8. The molecule has 4 nitrogen and oxygen atoms in total. The maximum absolute atomic E-state index is 12.6. The van der Waals surface area contributed by atoms with Crippen LogP contribution in [-0.4, -0.2) is 52.5 Å². The predicted molar refractivity (Wildman–Crippen MR) is 79.9 cm³/mol. The summed E-state index contributed by atoms with van der Waals surface area (Å²) in [5.74, 6) is 0.194. The predicted octanol–water partition coefficient (Wildman–Crippen LogP) is 2.16. The van der Waals surface area contributed by atoms with Crippen molar-refractivity contribution >= 4 is 5.91 Å². The van der Waals surface area contributed by atoms with E-state index in [9.17, 15) is 4.79 Å². The van der Waals surface area contributed by atoms with Gasteiger partial charge in [-0.1, -0.05) is 0 Å². The van der Waals surface area contributed by atoms with E-state index >= 15 is 0 Å². The third-order valence-electron chi connectivity index (χ3n) is 4.59. The van der Waals surface area contributed by atoms with Crippen molar-refractivity contribution in [2.24, 2.45) is 0 Å². The summed E-state index contributed by atoms with van der Waals surface area (Å²) >= 11 is 0. The lowest BCUT2D eigenvalue weighted by Gasteiger charge is -2.37. The lowest BCUT2D eigenvalue weighted by Crippen LogP contribution is -2.52. The van der Waals surface area contributed by atoms with Crippen LogP contribution < -0.4 is 0 Å². The zero-order chi connectivity index (χ0) is 14.3. The summed E-state index contributed by atoms with van der Waals surface area (Å²) in [6, 6.07) is 2.55. The van der Waals surface area contributed by atoms with E-state index < -0.39 is 0 Å². The van der Waals surface area contributed by atoms with E-state index in [1.807, 2.05) is 23.4 Å². The number of carbonyl (C=O) groups excluding carboxylic acids is 1. The second kappa shape index (κ2) is 4.92. The molecule has 2 saturated heterocycles. The number of piperazine rings is 1. The Hall–Kier alpha value is -1.29. The Balaban J connectivity index is 1.71. The molecule has 2 aliphatic heterocycles. The van der Waals surface area contributed by atoms with Crippen LogP contribution in [0.2, 0.25) is 0 Å². The normalized spacial score (nSPS) is 23.9. The first-order chi connectivity index (χ1) is 9.45. The first-order valence-corrected chi connectivity index (χ1v) is 7.67. The first-order valence-electron chi connectivity index (χ1n) is 7.67. The Labute approximate surface area is 121 Å². The number of carbonyl (C=O) groups is 1. The minimum Gasteiger partial charge on any atom is -0.348 e. The topological polar surface area (TPSA) is 28.5 Å². The van der Waals surface area contributed by atoms with Crippen molar-refractivity contribution in [3.05, 3.63) is 24.0 Å². The Bertz CT molecular complexity index is 500. The number of aromatic nitrogens is 1. The number of fused-ring (bicyclic) bond motifs is 1. The fourth-order valence-corrected chi connectivity index (χ4v) is 3.30. The third kappa shape index (κ3) is 2.49. The molecule has 3 heterocycles. The van der Waals surface area contributed by atoms with Crippen LogP contribution in [0.4, 0.5) is 0 Å². The minimum atomic E-state index is 0.0304. The lowest BCUT2D eigenvalue weighted by molar-refractivity contribution is 0.0571. The van der Waals surface area contributed by atoms with Crippen molar-refractivity contribution in [1.29, 1.82) is 0 Å². The molecule has 20 heavy (non-hydrogen) atoms. The van der Waals surface area contributed by atoms with Gasteiger partial charge in [-0.3, -0.25) is 9.69 Å². The van der Waals surface area contributed by atoms with Crippen LogP contribution >= 0.6 is 0 Å².